The Balaban J connectivity index is 1.81. The molecule has 0 spiro atoms. The second-order valence-electron chi connectivity index (χ2n) is 5.98. The van der Waals surface area contributed by atoms with E-state index in [9.17, 15) is 0 Å². The molecule has 2 aliphatic rings. The molecule has 0 bridgehead atoms. The van der Waals surface area contributed by atoms with Crippen LogP contribution in [0.15, 0.2) is 0 Å². The van der Waals surface area contributed by atoms with E-state index in [1.54, 1.807) is 0 Å². The fourth-order valence-corrected chi connectivity index (χ4v) is 3.58. The van der Waals surface area contributed by atoms with Gasteiger partial charge in [0.05, 0.1) is 6.10 Å². The van der Waals surface area contributed by atoms with Crippen LogP contribution < -0.4 is 5.32 Å². The largest absolute Gasteiger partial charge is 0.378 e. The van der Waals surface area contributed by atoms with E-state index in [0.29, 0.717) is 12.1 Å². The topological polar surface area (TPSA) is 21.3 Å². The first-order valence-corrected chi connectivity index (χ1v) is 7.67. The third kappa shape index (κ3) is 3.96. The molecule has 0 aromatic carbocycles. The van der Waals surface area contributed by atoms with Gasteiger partial charge in [-0.25, -0.2) is 0 Å². The molecule has 2 nitrogen and oxygen atoms in total. The van der Waals surface area contributed by atoms with Gasteiger partial charge in [-0.05, 0) is 44.9 Å². The van der Waals surface area contributed by atoms with Crippen LogP contribution in [-0.4, -0.2) is 24.8 Å². The molecule has 17 heavy (non-hydrogen) atoms. The lowest BCUT2D eigenvalue weighted by Gasteiger charge is -2.36. The van der Waals surface area contributed by atoms with Crippen molar-refractivity contribution < 1.29 is 4.74 Å². The molecule has 1 saturated carbocycles. The smallest absolute Gasteiger partial charge is 0.0561 e. The SMILES string of the molecule is CCC(NC1CCOC(C)C1)C1CCCCC1. The van der Waals surface area contributed by atoms with Crippen LogP contribution in [0.5, 0.6) is 0 Å². The second-order valence-corrected chi connectivity index (χ2v) is 5.98. The fourth-order valence-electron chi connectivity index (χ4n) is 3.58. The van der Waals surface area contributed by atoms with Crippen molar-refractivity contribution in [2.75, 3.05) is 6.61 Å². The summed E-state index contributed by atoms with van der Waals surface area (Å²) in [6.07, 6.45) is 11.4. The zero-order chi connectivity index (χ0) is 12.1. The van der Waals surface area contributed by atoms with Crippen LogP contribution in [-0.2, 0) is 4.74 Å². The maximum Gasteiger partial charge on any atom is 0.0561 e. The van der Waals surface area contributed by atoms with E-state index < -0.39 is 0 Å². The molecular formula is C15H29NO. The third-order valence-corrected chi connectivity index (χ3v) is 4.59. The summed E-state index contributed by atoms with van der Waals surface area (Å²) >= 11 is 0. The van der Waals surface area contributed by atoms with E-state index in [0.717, 1.165) is 18.6 Å². The summed E-state index contributed by atoms with van der Waals surface area (Å²) in [5.74, 6) is 0.937. The predicted octanol–water partition coefficient (Wildman–Crippen LogP) is 3.50. The molecule has 3 unspecified atom stereocenters. The second kappa shape index (κ2) is 6.75. The van der Waals surface area contributed by atoms with Gasteiger partial charge < -0.3 is 10.1 Å². The van der Waals surface area contributed by atoms with Crippen molar-refractivity contribution in [2.45, 2.75) is 83.4 Å². The fraction of sp³-hybridized carbons (Fsp3) is 1.00. The van der Waals surface area contributed by atoms with Gasteiger partial charge in [0.2, 0.25) is 0 Å². The molecule has 3 atom stereocenters. The highest BCUT2D eigenvalue weighted by molar-refractivity contribution is 4.84. The quantitative estimate of drug-likeness (QED) is 0.810. The van der Waals surface area contributed by atoms with Crippen molar-refractivity contribution in [3.63, 3.8) is 0 Å². The first-order valence-electron chi connectivity index (χ1n) is 7.67. The van der Waals surface area contributed by atoms with Crippen molar-refractivity contribution in [1.82, 2.24) is 5.32 Å². The molecule has 0 amide bonds. The zero-order valence-electron chi connectivity index (χ0n) is 11.6. The summed E-state index contributed by atoms with van der Waals surface area (Å²) in [5, 5.41) is 3.93. The average Bonchev–Trinajstić information content (AvgIpc) is 2.37. The summed E-state index contributed by atoms with van der Waals surface area (Å²) in [5.41, 5.74) is 0. The number of ether oxygens (including phenoxy) is 1. The number of nitrogens with one attached hydrogen (secondary N) is 1. The van der Waals surface area contributed by atoms with Crippen LogP contribution in [0, 0.1) is 5.92 Å². The first kappa shape index (κ1) is 13.4. The summed E-state index contributed by atoms with van der Waals surface area (Å²) in [7, 11) is 0. The summed E-state index contributed by atoms with van der Waals surface area (Å²) in [6.45, 7) is 5.49. The number of hydrogen-bond donors (Lipinski definition) is 1. The average molecular weight is 239 g/mol. The van der Waals surface area contributed by atoms with Crippen molar-refractivity contribution in [1.29, 1.82) is 0 Å². The molecule has 100 valence electrons. The molecule has 2 rings (SSSR count). The van der Waals surface area contributed by atoms with Crippen LogP contribution in [0.3, 0.4) is 0 Å². The third-order valence-electron chi connectivity index (χ3n) is 4.59. The Morgan fingerprint density at radius 2 is 1.94 bits per heavy atom. The molecule has 1 aliphatic heterocycles. The number of rotatable bonds is 4. The van der Waals surface area contributed by atoms with E-state index >= 15 is 0 Å². The van der Waals surface area contributed by atoms with Gasteiger partial charge in [-0.1, -0.05) is 26.2 Å². The van der Waals surface area contributed by atoms with E-state index in [1.807, 2.05) is 0 Å². The predicted molar refractivity (Wildman–Crippen MR) is 72.2 cm³/mol. The minimum atomic E-state index is 0.449. The standard InChI is InChI=1S/C15H29NO/c1-3-15(13-7-5-4-6-8-13)16-14-9-10-17-12(2)11-14/h12-16H,3-11H2,1-2H3. The van der Waals surface area contributed by atoms with Crippen molar-refractivity contribution in [3.8, 4) is 0 Å². The normalized spacial score (nSPS) is 33.5. The zero-order valence-corrected chi connectivity index (χ0v) is 11.6. The molecule has 1 N–H and O–H groups in total. The van der Waals surface area contributed by atoms with E-state index in [4.69, 9.17) is 4.74 Å². The van der Waals surface area contributed by atoms with Gasteiger partial charge in [-0.3, -0.25) is 0 Å². The van der Waals surface area contributed by atoms with E-state index in [2.05, 4.69) is 19.2 Å². The van der Waals surface area contributed by atoms with Gasteiger partial charge in [0, 0.05) is 18.7 Å². The maximum atomic E-state index is 5.63. The lowest BCUT2D eigenvalue weighted by atomic mass is 9.82. The van der Waals surface area contributed by atoms with Gasteiger partial charge in [-0.2, -0.15) is 0 Å². The molecular weight excluding hydrogens is 210 g/mol. The Morgan fingerprint density at radius 1 is 1.18 bits per heavy atom. The van der Waals surface area contributed by atoms with Crippen LogP contribution in [0.2, 0.25) is 0 Å². The van der Waals surface area contributed by atoms with Crippen molar-refractivity contribution >= 4 is 0 Å². The van der Waals surface area contributed by atoms with Gasteiger partial charge >= 0.3 is 0 Å². The van der Waals surface area contributed by atoms with Gasteiger partial charge in [0.25, 0.3) is 0 Å². The molecule has 2 heteroatoms. The molecule has 0 aromatic rings. The summed E-state index contributed by atoms with van der Waals surface area (Å²) < 4.78 is 5.63. The Labute approximate surface area is 107 Å². The van der Waals surface area contributed by atoms with Gasteiger partial charge in [0.1, 0.15) is 0 Å². The van der Waals surface area contributed by atoms with Crippen LogP contribution >= 0.6 is 0 Å². The Bertz CT molecular complexity index is 213. The molecule has 1 aliphatic carbocycles. The highest BCUT2D eigenvalue weighted by Gasteiger charge is 2.26. The Hall–Kier alpha value is -0.0800. The van der Waals surface area contributed by atoms with Crippen molar-refractivity contribution in [3.05, 3.63) is 0 Å². The number of hydrogen-bond acceptors (Lipinski definition) is 2. The molecule has 0 aromatic heterocycles. The Kier molecular flexibility index (Phi) is 5.30. The van der Waals surface area contributed by atoms with Crippen LogP contribution in [0.4, 0.5) is 0 Å². The lowest BCUT2D eigenvalue weighted by Crippen LogP contribution is -2.46. The summed E-state index contributed by atoms with van der Waals surface area (Å²) in [6, 6.07) is 1.45. The van der Waals surface area contributed by atoms with Gasteiger partial charge in [-0.15, -0.1) is 0 Å². The molecule has 1 saturated heterocycles. The Morgan fingerprint density at radius 3 is 2.59 bits per heavy atom. The molecule has 0 radical (unpaired) electrons. The summed E-state index contributed by atoms with van der Waals surface area (Å²) in [4.78, 5) is 0. The van der Waals surface area contributed by atoms with E-state index in [1.165, 1.54) is 51.4 Å². The minimum Gasteiger partial charge on any atom is -0.378 e. The van der Waals surface area contributed by atoms with E-state index in [-0.39, 0.29) is 0 Å². The monoisotopic (exact) mass is 239 g/mol. The first-order chi connectivity index (χ1) is 8.29. The maximum absolute atomic E-state index is 5.63. The highest BCUT2D eigenvalue weighted by Crippen LogP contribution is 2.28. The molecule has 1 heterocycles. The lowest BCUT2D eigenvalue weighted by molar-refractivity contribution is 0.00893. The minimum absolute atomic E-state index is 0.449. The van der Waals surface area contributed by atoms with Gasteiger partial charge in [0.15, 0.2) is 0 Å². The molecule has 2 fully saturated rings. The van der Waals surface area contributed by atoms with Crippen LogP contribution in [0.1, 0.15) is 65.2 Å². The van der Waals surface area contributed by atoms with Crippen molar-refractivity contribution in [2.24, 2.45) is 5.92 Å². The van der Waals surface area contributed by atoms with Crippen LogP contribution in [0.25, 0.3) is 0 Å². The highest BCUT2D eigenvalue weighted by atomic mass is 16.5.